The van der Waals surface area contributed by atoms with Crippen molar-refractivity contribution >= 4 is 44.9 Å². The summed E-state index contributed by atoms with van der Waals surface area (Å²) in [6.45, 7) is 1.96. The molecule has 0 unspecified atom stereocenters. The summed E-state index contributed by atoms with van der Waals surface area (Å²) in [5.41, 5.74) is 9.00. The van der Waals surface area contributed by atoms with Gasteiger partial charge in [-0.25, -0.2) is 0 Å². The molecule has 0 saturated carbocycles. The smallest absolute Gasteiger partial charge is 0.220 e. The fourth-order valence-corrected chi connectivity index (χ4v) is 3.73. The highest BCUT2D eigenvalue weighted by Gasteiger charge is 2.13. The topological polar surface area (TPSA) is 59.0 Å². The summed E-state index contributed by atoms with van der Waals surface area (Å²) in [7, 11) is 0. The van der Waals surface area contributed by atoms with Gasteiger partial charge in [0.15, 0.2) is 0 Å². The lowest BCUT2D eigenvalue weighted by molar-refractivity contribution is -0.673. The van der Waals surface area contributed by atoms with Crippen LogP contribution in [0.2, 0.25) is 0 Å². The van der Waals surface area contributed by atoms with Gasteiger partial charge in [0.05, 0.1) is 0 Å². The molecule has 1 amide bonds. The number of benzene rings is 2. The highest BCUT2D eigenvalue weighted by atomic mass is 79.9. The maximum absolute atomic E-state index is 11.7. The van der Waals surface area contributed by atoms with E-state index in [1.807, 2.05) is 0 Å². The van der Waals surface area contributed by atoms with Gasteiger partial charge in [-0.2, -0.15) is 4.57 Å². The molecule has 0 aliphatic carbocycles. The molecule has 0 radical (unpaired) electrons. The van der Waals surface area contributed by atoms with Gasteiger partial charge >= 0.3 is 0 Å². The first-order valence-corrected chi connectivity index (χ1v) is 11.3. The molecule has 0 saturated heterocycles. The molecule has 5 heteroatoms. The van der Waals surface area contributed by atoms with Gasteiger partial charge in [-0.05, 0) is 48.7 Å². The lowest BCUT2D eigenvalue weighted by Crippen LogP contribution is -2.38. The number of unbranched alkanes of at least 4 members (excludes halogenated alkanes) is 2. The van der Waals surface area contributed by atoms with E-state index in [0.717, 1.165) is 30.3 Å². The molecule has 30 heavy (non-hydrogen) atoms. The maximum Gasteiger partial charge on any atom is 0.220 e. The summed E-state index contributed by atoms with van der Waals surface area (Å²) in [5, 5.41) is 4.06. The number of rotatable bonds is 10. The van der Waals surface area contributed by atoms with Crippen LogP contribution >= 0.6 is 15.9 Å². The molecule has 0 fully saturated rings. The van der Waals surface area contributed by atoms with Crippen molar-refractivity contribution in [3.63, 3.8) is 0 Å². The second-order valence-corrected chi connectivity index (χ2v) is 8.22. The van der Waals surface area contributed by atoms with Crippen LogP contribution in [0.15, 0.2) is 65.1 Å². The van der Waals surface area contributed by atoms with E-state index in [4.69, 9.17) is 5.73 Å². The Morgan fingerprint density at radius 1 is 0.967 bits per heavy atom. The third kappa shape index (κ3) is 6.51. The summed E-state index contributed by atoms with van der Waals surface area (Å²) in [4.78, 5) is 11.7. The third-order valence-corrected chi connectivity index (χ3v) is 5.57. The monoisotopic (exact) mass is 466 g/mol. The van der Waals surface area contributed by atoms with Gasteiger partial charge in [-0.1, -0.05) is 40.2 Å². The summed E-state index contributed by atoms with van der Waals surface area (Å²) >= 11 is 3.48. The average Bonchev–Trinajstić information content (AvgIpc) is 2.77. The Hall–Kier alpha value is -2.50. The quantitative estimate of drug-likeness (QED) is 0.336. The number of nitrogens with two attached hydrogens (primary N) is 1. The molecule has 0 aliphatic rings. The van der Waals surface area contributed by atoms with Gasteiger partial charge in [0, 0.05) is 54.0 Å². The van der Waals surface area contributed by atoms with Crippen molar-refractivity contribution in [2.24, 2.45) is 5.73 Å². The van der Waals surface area contributed by atoms with Crippen molar-refractivity contribution < 1.29 is 9.36 Å². The van der Waals surface area contributed by atoms with E-state index in [9.17, 15) is 4.79 Å². The molecular formula is C25H29BrN3O+. The minimum absolute atomic E-state index is 0.0939. The average molecular weight is 467 g/mol. The van der Waals surface area contributed by atoms with E-state index >= 15 is 0 Å². The SMILES string of the molecule is NCCNC(=O)CCCCC[n+]1c(/C=C/c2ccc(Br)cc2)ccc2ccccc21. The number of carbonyl (C=O) groups excluding carboxylic acids is 1. The fourth-order valence-electron chi connectivity index (χ4n) is 3.46. The van der Waals surface area contributed by atoms with Crippen molar-refractivity contribution in [1.29, 1.82) is 0 Å². The van der Waals surface area contributed by atoms with E-state index in [0.29, 0.717) is 19.5 Å². The predicted molar refractivity (Wildman–Crippen MR) is 128 cm³/mol. The number of fused-ring (bicyclic) bond motifs is 1. The van der Waals surface area contributed by atoms with Gasteiger partial charge in [0.2, 0.25) is 17.1 Å². The van der Waals surface area contributed by atoms with Crippen LogP contribution in [0.4, 0.5) is 0 Å². The fraction of sp³-hybridized carbons (Fsp3) is 0.280. The number of nitrogens with zero attached hydrogens (tertiary/aromatic N) is 1. The van der Waals surface area contributed by atoms with Crippen LogP contribution in [0.1, 0.15) is 36.9 Å². The molecule has 0 bridgehead atoms. The molecule has 0 atom stereocenters. The van der Waals surface area contributed by atoms with Crippen molar-refractivity contribution in [2.45, 2.75) is 32.2 Å². The van der Waals surface area contributed by atoms with Crippen molar-refractivity contribution in [1.82, 2.24) is 5.32 Å². The lowest BCUT2D eigenvalue weighted by Gasteiger charge is -2.06. The van der Waals surface area contributed by atoms with Crippen LogP contribution in [0.5, 0.6) is 0 Å². The minimum atomic E-state index is 0.0939. The number of halogens is 1. The number of pyridine rings is 1. The molecular weight excluding hydrogens is 438 g/mol. The first kappa shape index (κ1) is 22.2. The summed E-state index contributed by atoms with van der Waals surface area (Å²) in [6.07, 6.45) is 7.83. The van der Waals surface area contributed by atoms with Gasteiger partial charge in [0.1, 0.15) is 6.54 Å². The van der Waals surface area contributed by atoms with E-state index < -0.39 is 0 Å². The number of carbonyl (C=O) groups is 1. The van der Waals surface area contributed by atoms with E-state index in [1.165, 1.54) is 22.2 Å². The lowest BCUT2D eigenvalue weighted by atomic mass is 10.1. The standard InChI is InChI=1S/C25H28BrN3O/c26-22-13-9-20(10-14-22)11-15-23-16-12-21-6-3-4-7-24(21)29(23)19-5-1-2-8-25(30)28-18-17-27/h3-4,6-7,9-16H,1-2,5,8,17-19,27H2/p+1/b15-11+. The molecule has 156 valence electrons. The van der Waals surface area contributed by atoms with E-state index in [2.05, 4.69) is 98.6 Å². The zero-order valence-corrected chi connectivity index (χ0v) is 18.8. The molecule has 3 aromatic rings. The van der Waals surface area contributed by atoms with Gasteiger partial charge in [0.25, 0.3) is 0 Å². The van der Waals surface area contributed by atoms with Crippen LogP contribution in [0.3, 0.4) is 0 Å². The van der Waals surface area contributed by atoms with Crippen LogP contribution in [-0.4, -0.2) is 19.0 Å². The molecule has 1 heterocycles. The number of hydrogen-bond donors (Lipinski definition) is 2. The Morgan fingerprint density at radius 3 is 2.57 bits per heavy atom. The van der Waals surface area contributed by atoms with Crippen molar-refractivity contribution in [2.75, 3.05) is 13.1 Å². The molecule has 2 aromatic carbocycles. The Bertz CT molecular complexity index is 999. The van der Waals surface area contributed by atoms with Crippen molar-refractivity contribution in [3.8, 4) is 0 Å². The second-order valence-electron chi connectivity index (χ2n) is 7.30. The van der Waals surface area contributed by atoms with Crippen LogP contribution in [0, 0.1) is 0 Å². The Kier molecular flexibility index (Phi) is 8.60. The van der Waals surface area contributed by atoms with Crippen LogP contribution in [0.25, 0.3) is 23.1 Å². The normalized spacial score (nSPS) is 11.3. The zero-order chi connectivity index (χ0) is 21.2. The molecule has 3 rings (SSSR count). The highest BCUT2D eigenvalue weighted by molar-refractivity contribution is 9.10. The van der Waals surface area contributed by atoms with E-state index in [-0.39, 0.29) is 5.91 Å². The zero-order valence-electron chi connectivity index (χ0n) is 17.2. The molecule has 3 N–H and O–H groups in total. The highest BCUT2D eigenvalue weighted by Crippen LogP contribution is 2.15. The van der Waals surface area contributed by atoms with Crippen molar-refractivity contribution in [3.05, 3.63) is 76.4 Å². The minimum Gasteiger partial charge on any atom is -0.355 e. The third-order valence-electron chi connectivity index (χ3n) is 5.04. The summed E-state index contributed by atoms with van der Waals surface area (Å²) < 4.78 is 3.45. The molecule has 1 aromatic heterocycles. The Morgan fingerprint density at radius 2 is 1.77 bits per heavy atom. The second kappa shape index (κ2) is 11.6. The number of aryl methyl sites for hydroxylation is 1. The summed E-state index contributed by atoms with van der Waals surface area (Å²) in [5.74, 6) is 0.0939. The van der Waals surface area contributed by atoms with E-state index in [1.54, 1.807) is 0 Å². The number of aromatic nitrogens is 1. The first-order valence-electron chi connectivity index (χ1n) is 10.5. The molecule has 0 aliphatic heterocycles. The number of hydrogen-bond acceptors (Lipinski definition) is 2. The first-order chi connectivity index (χ1) is 14.7. The molecule has 0 spiro atoms. The predicted octanol–water partition coefficient (Wildman–Crippen LogP) is 4.70. The number of amides is 1. The Labute approximate surface area is 186 Å². The number of para-hydroxylation sites is 1. The summed E-state index contributed by atoms with van der Waals surface area (Å²) in [6, 6.07) is 21.1. The molecule has 4 nitrogen and oxygen atoms in total. The van der Waals surface area contributed by atoms with Crippen LogP contribution in [-0.2, 0) is 11.3 Å². The largest absolute Gasteiger partial charge is 0.355 e. The maximum atomic E-state index is 11.7. The number of nitrogens with one attached hydrogen (secondary N) is 1. The van der Waals surface area contributed by atoms with Gasteiger partial charge < -0.3 is 11.1 Å². The van der Waals surface area contributed by atoms with Gasteiger partial charge in [-0.3, -0.25) is 4.79 Å². The Balaban J connectivity index is 1.69. The van der Waals surface area contributed by atoms with Gasteiger partial charge in [-0.15, -0.1) is 0 Å². The van der Waals surface area contributed by atoms with Crippen LogP contribution < -0.4 is 15.6 Å².